The third kappa shape index (κ3) is 5.74. The number of hydrogen-bond acceptors (Lipinski definition) is 3. The van der Waals surface area contributed by atoms with Crippen LogP contribution in [0.4, 0.5) is 0 Å². The van der Waals surface area contributed by atoms with Crippen molar-refractivity contribution in [2.24, 2.45) is 5.16 Å². The zero-order valence-corrected chi connectivity index (χ0v) is 18.1. The minimum Gasteiger partial charge on any atom is -0.391 e. The summed E-state index contributed by atoms with van der Waals surface area (Å²) >= 11 is 24.3. The fraction of sp³-hybridized carbons (Fsp3) is 0.0909. The Bertz CT molecular complexity index is 1070. The highest BCUT2D eigenvalue weighted by molar-refractivity contribution is 6.35. The van der Waals surface area contributed by atoms with Gasteiger partial charge < -0.3 is 4.84 Å². The van der Waals surface area contributed by atoms with Crippen molar-refractivity contribution in [2.45, 2.75) is 13.0 Å². The molecular formula is C22H15Cl4NO2. The number of hydrogen-bond donors (Lipinski definition) is 0. The summed E-state index contributed by atoms with van der Waals surface area (Å²) in [5.74, 6) is 0. The Morgan fingerprint density at radius 2 is 1.45 bits per heavy atom. The van der Waals surface area contributed by atoms with Gasteiger partial charge in [-0.05, 0) is 35.4 Å². The van der Waals surface area contributed by atoms with E-state index in [1.165, 1.54) is 0 Å². The van der Waals surface area contributed by atoms with Crippen molar-refractivity contribution in [3.63, 3.8) is 0 Å². The standard InChI is InChI=1S/C22H15Cl4NO2/c23-18-6-4-14(21(25)9-18)8-20-15(2-1-3-16(20)12-28)11-27-29-13-17-5-7-19(24)10-22(17)26/h1-7,9-12H,8,13H2. The quantitative estimate of drug-likeness (QED) is 0.209. The van der Waals surface area contributed by atoms with Crippen molar-refractivity contribution in [3.8, 4) is 0 Å². The van der Waals surface area contributed by atoms with Crippen LogP contribution in [0, 0.1) is 0 Å². The van der Waals surface area contributed by atoms with Crippen LogP contribution in [-0.2, 0) is 17.9 Å². The van der Waals surface area contributed by atoms with E-state index < -0.39 is 0 Å². The van der Waals surface area contributed by atoms with Gasteiger partial charge in [0.25, 0.3) is 0 Å². The van der Waals surface area contributed by atoms with Gasteiger partial charge in [0, 0.05) is 43.2 Å². The number of halogens is 4. The summed E-state index contributed by atoms with van der Waals surface area (Å²) in [7, 11) is 0. The van der Waals surface area contributed by atoms with E-state index in [0.29, 0.717) is 32.1 Å². The fourth-order valence-electron chi connectivity index (χ4n) is 2.75. The van der Waals surface area contributed by atoms with Gasteiger partial charge in [-0.2, -0.15) is 0 Å². The molecule has 0 aliphatic rings. The van der Waals surface area contributed by atoms with E-state index in [2.05, 4.69) is 5.16 Å². The number of carbonyl (C=O) groups excluding carboxylic acids is 1. The normalized spacial score (nSPS) is 11.0. The van der Waals surface area contributed by atoms with Crippen LogP contribution in [0.1, 0.15) is 32.6 Å². The molecule has 3 aromatic carbocycles. The highest BCUT2D eigenvalue weighted by Crippen LogP contribution is 2.26. The first kappa shape index (κ1) is 21.7. The number of aldehydes is 1. The third-order valence-electron chi connectivity index (χ3n) is 4.26. The Hall–Kier alpha value is -2.04. The van der Waals surface area contributed by atoms with E-state index in [4.69, 9.17) is 51.2 Å². The molecule has 0 bridgehead atoms. The second-order valence-electron chi connectivity index (χ2n) is 6.19. The lowest BCUT2D eigenvalue weighted by Crippen LogP contribution is -2.01. The van der Waals surface area contributed by atoms with Crippen LogP contribution in [-0.4, -0.2) is 12.5 Å². The molecule has 3 rings (SSSR count). The molecule has 0 spiro atoms. The van der Waals surface area contributed by atoms with Crippen LogP contribution in [0.15, 0.2) is 59.8 Å². The van der Waals surface area contributed by atoms with Crippen molar-refractivity contribution in [3.05, 3.63) is 103 Å². The van der Waals surface area contributed by atoms with Gasteiger partial charge in [-0.1, -0.05) is 81.9 Å². The van der Waals surface area contributed by atoms with E-state index in [1.54, 1.807) is 48.7 Å². The molecule has 0 aromatic heterocycles. The number of nitrogens with zero attached hydrogens (tertiary/aromatic N) is 1. The predicted octanol–water partition coefficient (Wildman–Crippen LogP) is 7.25. The molecule has 3 nitrogen and oxygen atoms in total. The Morgan fingerprint density at radius 1 is 0.828 bits per heavy atom. The van der Waals surface area contributed by atoms with Gasteiger partial charge in [0.05, 0.1) is 6.21 Å². The zero-order valence-electron chi connectivity index (χ0n) is 15.0. The van der Waals surface area contributed by atoms with E-state index in [9.17, 15) is 4.79 Å². The second-order valence-corrected chi connectivity index (χ2v) is 7.88. The van der Waals surface area contributed by atoms with E-state index >= 15 is 0 Å². The van der Waals surface area contributed by atoms with Crippen LogP contribution in [0.25, 0.3) is 0 Å². The van der Waals surface area contributed by atoms with Crippen LogP contribution in [0.3, 0.4) is 0 Å². The maximum absolute atomic E-state index is 11.5. The second kappa shape index (κ2) is 10.1. The van der Waals surface area contributed by atoms with E-state index in [1.807, 2.05) is 12.1 Å². The maximum Gasteiger partial charge on any atom is 0.150 e. The highest BCUT2D eigenvalue weighted by atomic mass is 35.5. The first-order valence-corrected chi connectivity index (χ1v) is 10.1. The highest BCUT2D eigenvalue weighted by Gasteiger charge is 2.11. The summed E-state index contributed by atoms with van der Waals surface area (Å²) in [5.41, 5.74) is 3.73. The number of benzene rings is 3. The van der Waals surface area contributed by atoms with Gasteiger partial charge in [-0.15, -0.1) is 0 Å². The van der Waals surface area contributed by atoms with Gasteiger partial charge in [-0.3, -0.25) is 4.79 Å². The number of carbonyl (C=O) groups is 1. The summed E-state index contributed by atoms with van der Waals surface area (Å²) in [6.45, 7) is 0.193. The van der Waals surface area contributed by atoms with Gasteiger partial charge in [-0.25, -0.2) is 0 Å². The molecule has 0 N–H and O–H groups in total. The Kier molecular flexibility index (Phi) is 7.57. The summed E-state index contributed by atoms with van der Waals surface area (Å²) < 4.78 is 0. The molecule has 0 fully saturated rings. The molecule has 0 aliphatic heterocycles. The van der Waals surface area contributed by atoms with Gasteiger partial charge in [0.15, 0.2) is 0 Å². The molecule has 0 aliphatic carbocycles. The molecule has 0 amide bonds. The molecule has 3 aromatic rings. The molecule has 0 saturated carbocycles. The Labute approximate surface area is 188 Å². The molecule has 0 atom stereocenters. The largest absolute Gasteiger partial charge is 0.391 e. The lowest BCUT2D eigenvalue weighted by atomic mass is 9.95. The topological polar surface area (TPSA) is 38.7 Å². The van der Waals surface area contributed by atoms with Crippen molar-refractivity contribution < 1.29 is 9.63 Å². The van der Waals surface area contributed by atoms with Crippen molar-refractivity contribution in [2.75, 3.05) is 0 Å². The van der Waals surface area contributed by atoms with Crippen molar-refractivity contribution >= 4 is 58.9 Å². The average molecular weight is 467 g/mol. The number of oxime groups is 1. The summed E-state index contributed by atoms with van der Waals surface area (Å²) in [4.78, 5) is 16.9. The van der Waals surface area contributed by atoms with Crippen LogP contribution in [0.2, 0.25) is 20.1 Å². The molecule has 29 heavy (non-hydrogen) atoms. The van der Waals surface area contributed by atoms with Crippen LogP contribution in [0.5, 0.6) is 0 Å². The summed E-state index contributed by atoms with van der Waals surface area (Å²) in [6, 6.07) is 15.8. The summed E-state index contributed by atoms with van der Waals surface area (Å²) in [5, 5.41) is 6.18. The molecule has 0 heterocycles. The SMILES string of the molecule is O=Cc1cccc(C=NOCc2ccc(Cl)cc2Cl)c1Cc1ccc(Cl)cc1Cl. The minimum absolute atomic E-state index is 0.193. The van der Waals surface area contributed by atoms with Crippen molar-refractivity contribution in [1.82, 2.24) is 0 Å². The van der Waals surface area contributed by atoms with Crippen LogP contribution < -0.4 is 0 Å². The molecule has 0 saturated heterocycles. The Balaban J connectivity index is 1.79. The first-order chi connectivity index (χ1) is 14.0. The predicted molar refractivity (Wildman–Crippen MR) is 120 cm³/mol. The average Bonchev–Trinajstić information content (AvgIpc) is 2.69. The third-order valence-corrected chi connectivity index (χ3v) is 5.43. The van der Waals surface area contributed by atoms with E-state index in [0.717, 1.165) is 28.5 Å². The van der Waals surface area contributed by atoms with Crippen LogP contribution >= 0.6 is 46.4 Å². The van der Waals surface area contributed by atoms with Crippen molar-refractivity contribution in [1.29, 1.82) is 0 Å². The lowest BCUT2D eigenvalue weighted by Gasteiger charge is -2.11. The molecule has 0 radical (unpaired) electrons. The summed E-state index contributed by atoms with van der Waals surface area (Å²) in [6.07, 6.45) is 2.83. The molecular weight excluding hydrogens is 452 g/mol. The number of rotatable bonds is 7. The van der Waals surface area contributed by atoms with E-state index in [-0.39, 0.29) is 6.61 Å². The zero-order chi connectivity index (χ0) is 20.8. The van der Waals surface area contributed by atoms with Gasteiger partial charge in [0.2, 0.25) is 0 Å². The molecule has 7 heteroatoms. The maximum atomic E-state index is 11.5. The fourth-order valence-corrected chi connectivity index (χ4v) is 3.69. The molecule has 0 unspecified atom stereocenters. The molecule has 148 valence electrons. The first-order valence-electron chi connectivity index (χ1n) is 8.58. The lowest BCUT2D eigenvalue weighted by molar-refractivity contribution is 0.112. The monoisotopic (exact) mass is 465 g/mol. The van der Waals surface area contributed by atoms with Gasteiger partial charge in [0.1, 0.15) is 12.9 Å². The van der Waals surface area contributed by atoms with Gasteiger partial charge >= 0.3 is 0 Å². The smallest absolute Gasteiger partial charge is 0.150 e. The minimum atomic E-state index is 0.193. The Morgan fingerprint density at radius 3 is 2.07 bits per heavy atom.